The van der Waals surface area contributed by atoms with Crippen LogP contribution in [0.3, 0.4) is 0 Å². The van der Waals surface area contributed by atoms with Crippen molar-refractivity contribution >= 4 is 36.9 Å². The van der Waals surface area contributed by atoms with Gasteiger partial charge in [-0.3, -0.25) is 14.4 Å². The molecule has 5 rings (SSSR count). The first kappa shape index (κ1) is 25.4. The minimum atomic E-state index is -4.74. The number of carbonyl (C=O) groups excluding carboxylic acids is 1. The van der Waals surface area contributed by atoms with Gasteiger partial charge >= 0.3 is 13.9 Å². The third kappa shape index (κ3) is 5.70. The molecule has 4 heterocycles. The fraction of sp³-hybridized carbons (Fsp3) is 0.364. The molecule has 0 saturated carbocycles. The van der Waals surface area contributed by atoms with Gasteiger partial charge in [0.1, 0.15) is 24.6 Å². The Labute approximate surface area is 210 Å². The lowest BCUT2D eigenvalue weighted by molar-refractivity contribution is -0.132. The van der Waals surface area contributed by atoms with Gasteiger partial charge in [-0.05, 0) is 18.6 Å². The van der Waals surface area contributed by atoms with E-state index in [0.717, 1.165) is 5.56 Å². The maximum Gasteiger partial charge on any atom is 0.469 e. The van der Waals surface area contributed by atoms with Crippen LogP contribution in [0.5, 0.6) is 0 Å². The van der Waals surface area contributed by atoms with E-state index in [0.29, 0.717) is 17.7 Å². The number of hydrogen-bond acceptors (Lipinski definition) is 9. The third-order valence-electron chi connectivity index (χ3n) is 5.72. The normalized spacial score (nSPS) is 25.5. The Morgan fingerprint density at radius 1 is 1.16 bits per heavy atom. The number of benzene rings is 1. The molecule has 0 aliphatic carbocycles. The highest BCUT2D eigenvalue weighted by molar-refractivity contribution is 7.46. The van der Waals surface area contributed by atoms with Crippen LogP contribution >= 0.6 is 7.82 Å². The summed E-state index contributed by atoms with van der Waals surface area (Å²) in [5.74, 6) is 0.206. The van der Waals surface area contributed by atoms with E-state index in [1.54, 1.807) is 17.6 Å². The van der Waals surface area contributed by atoms with Crippen molar-refractivity contribution in [3.05, 3.63) is 54.6 Å². The van der Waals surface area contributed by atoms with E-state index in [2.05, 4.69) is 25.6 Å². The highest BCUT2D eigenvalue weighted by atomic mass is 31.2. The molecule has 2 saturated heterocycles. The SMILES string of the molecule is CCNC(=O)Nc1ncnc2c1ncn2[C@@H]1O[C@H](COP(=O)(O)O)C2OC(C=Cc3ccccc3)O[C@@H]21. The van der Waals surface area contributed by atoms with Crippen LogP contribution in [0.2, 0.25) is 0 Å². The second kappa shape index (κ2) is 10.6. The molecule has 2 aromatic heterocycles. The van der Waals surface area contributed by atoms with E-state index in [1.807, 2.05) is 36.4 Å². The number of phosphoric acid groups is 1. The summed E-state index contributed by atoms with van der Waals surface area (Å²) >= 11 is 0. The number of imidazole rings is 1. The van der Waals surface area contributed by atoms with Gasteiger partial charge in [0.2, 0.25) is 0 Å². The van der Waals surface area contributed by atoms with E-state index in [4.69, 9.17) is 18.7 Å². The predicted octanol–water partition coefficient (Wildman–Crippen LogP) is 1.80. The van der Waals surface area contributed by atoms with Crippen molar-refractivity contribution in [3.63, 3.8) is 0 Å². The summed E-state index contributed by atoms with van der Waals surface area (Å²) in [5.41, 5.74) is 1.63. The lowest BCUT2D eigenvalue weighted by atomic mass is 10.1. The summed E-state index contributed by atoms with van der Waals surface area (Å²) in [6.07, 6.45) is 2.55. The quantitative estimate of drug-likeness (QED) is 0.311. The van der Waals surface area contributed by atoms with E-state index in [-0.39, 0.29) is 5.82 Å². The Kier molecular flexibility index (Phi) is 7.31. The first-order chi connectivity index (χ1) is 17.8. The maximum absolute atomic E-state index is 12.0. The van der Waals surface area contributed by atoms with Crippen molar-refractivity contribution in [2.24, 2.45) is 0 Å². The zero-order chi connectivity index (χ0) is 26.0. The average molecular weight is 532 g/mol. The minimum absolute atomic E-state index is 0.206. The van der Waals surface area contributed by atoms with E-state index >= 15 is 0 Å². The summed E-state index contributed by atoms with van der Waals surface area (Å²) in [7, 11) is -4.74. The van der Waals surface area contributed by atoms with Gasteiger partial charge in [0.05, 0.1) is 12.9 Å². The number of urea groups is 1. The van der Waals surface area contributed by atoms with Gasteiger partial charge < -0.3 is 29.3 Å². The van der Waals surface area contributed by atoms with Crippen LogP contribution in [-0.2, 0) is 23.3 Å². The Morgan fingerprint density at radius 3 is 2.70 bits per heavy atom. The Morgan fingerprint density at radius 2 is 1.95 bits per heavy atom. The molecule has 3 aromatic rings. The minimum Gasteiger partial charge on any atom is -0.347 e. The summed E-state index contributed by atoms with van der Waals surface area (Å²) in [4.78, 5) is 43.1. The zero-order valence-electron chi connectivity index (χ0n) is 19.6. The highest BCUT2D eigenvalue weighted by Gasteiger charge is 2.53. The van der Waals surface area contributed by atoms with Gasteiger partial charge in [-0.1, -0.05) is 36.4 Å². The average Bonchev–Trinajstić information content (AvgIpc) is 3.56. The van der Waals surface area contributed by atoms with Crippen LogP contribution in [0.25, 0.3) is 17.2 Å². The Balaban J connectivity index is 1.41. The molecule has 4 N–H and O–H groups in total. The first-order valence-electron chi connectivity index (χ1n) is 11.4. The topological polar surface area (TPSA) is 179 Å². The van der Waals surface area contributed by atoms with Gasteiger partial charge in [0.25, 0.3) is 0 Å². The van der Waals surface area contributed by atoms with Crippen molar-refractivity contribution in [1.82, 2.24) is 24.8 Å². The summed E-state index contributed by atoms with van der Waals surface area (Å²) < 4.78 is 35.9. The monoisotopic (exact) mass is 532 g/mol. The molecule has 0 radical (unpaired) electrons. The molecule has 2 fully saturated rings. The second-order valence-electron chi connectivity index (χ2n) is 8.22. The highest BCUT2D eigenvalue weighted by Crippen LogP contribution is 2.43. The van der Waals surface area contributed by atoms with E-state index in [9.17, 15) is 19.1 Å². The molecule has 1 aromatic carbocycles. The molecular weight excluding hydrogens is 507 g/mol. The second-order valence-corrected chi connectivity index (χ2v) is 9.46. The molecule has 2 unspecified atom stereocenters. The molecule has 2 aliphatic rings. The molecule has 2 amide bonds. The van der Waals surface area contributed by atoms with Crippen molar-refractivity contribution in [2.45, 2.75) is 37.8 Å². The molecule has 15 heteroatoms. The molecule has 2 aliphatic heterocycles. The van der Waals surface area contributed by atoms with Crippen LogP contribution in [0.4, 0.5) is 10.6 Å². The fourth-order valence-electron chi connectivity index (χ4n) is 4.17. The van der Waals surface area contributed by atoms with Gasteiger partial charge in [0, 0.05) is 6.54 Å². The van der Waals surface area contributed by atoms with Crippen molar-refractivity contribution in [1.29, 1.82) is 0 Å². The molecule has 196 valence electrons. The Hall–Kier alpha value is -3.23. The van der Waals surface area contributed by atoms with Crippen molar-refractivity contribution in [2.75, 3.05) is 18.5 Å². The fourth-order valence-corrected chi connectivity index (χ4v) is 4.52. The van der Waals surface area contributed by atoms with Crippen LogP contribution in [-0.4, -0.2) is 73.1 Å². The van der Waals surface area contributed by atoms with Crippen molar-refractivity contribution in [3.8, 4) is 0 Å². The molecule has 0 bridgehead atoms. The van der Waals surface area contributed by atoms with E-state index < -0.39 is 51.3 Å². The number of fused-ring (bicyclic) bond motifs is 2. The predicted molar refractivity (Wildman–Crippen MR) is 129 cm³/mol. The van der Waals surface area contributed by atoms with Gasteiger partial charge in [-0.25, -0.2) is 24.3 Å². The van der Waals surface area contributed by atoms with Crippen molar-refractivity contribution < 1.29 is 37.9 Å². The van der Waals surface area contributed by atoms with Gasteiger partial charge in [-0.2, -0.15) is 0 Å². The molecule has 14 nitrogen and oxygen atoms in total. The smallest absolute Gasteiger partial charge is 0.347 e. The number of ether oxygens (including phenoxy) is 3. The van der Waals surface area contributed by atoms with E-state index in [1.165, 1.54) is 12.7 Å². The number of aromatic nitrogens is 4. The number of carbonyl (C=O) groups is 1. The lowest BCUT2D eigenvalue weighted by Gasteiger charge is -2.20. The van der Waals surface area contributed by atoms with Gasteiger partial charge in [0.15, 0.2) is 29.5 Å². The number of nitrogens with one attached hydrogen (secondary N) is 2. The Bertz CT molecular complexity index is 1330. The number of nitrogens with zero attached hydrogens (tertiary/aromatic N) is 4. The summed E-state index contributed by atoms with van der Waals surface area (Å²) in [6, 6.07) is 9.14. The van der Waals surface area contributed by atoms with Crippen LogP contribution in [0.1, 0.15) is 18.7 Å². The summed E-state index contributed by atoms with van der Waals surface area (Å²) in [6.45, 7) is 1.80. The first-order valence-corrected chi connectivity index (χ1v) is 13.0. The standard InChI is InChI=1S/C22H25N6O8P/c1-2-23-22(29)27-19-16-20(25-11-24-19)28(12-26-16)21-18-17(14(34-21)10-33-37(30,31)32)35-15(36-18)9-8-13-6-4-3-5-7-13/h3-9,11-12,14-15,17-18,21H,2,10H2,1H3,(H2,30,31,32)(H2,23,24,25,27,29)/t14-,15?,17?,18+,21-/m1/s1. The number of amides is 2. The lowest BCUT2D eigenvalue weighted by Crippen LogP contribution is -2.31. The largest absolute Gasteiger partial charge is 0.469 e. The third-order valence-corrected chi connectivity index (χ3v) is 6.21. The van der Waals surface area contributed by atoms with Crippen LogP contribution in [0, 0.1) is 0 Å². The van der Waals surface area contributed by atoms with Gasteiger partial charge in [-0.15, -0.1) is 0 Å². The van der Waals surface area contributed by atoms with Crippen LogP contribution < -0.4 is 10.6 Å². The number of rotatable bonds is 8. The number of hydrogen-bond donors (Lipinski definition) is 4. The maximum atomic E-state index is 12.0. The molecule has 37 heavy (non-hydrogen) atoms. The number of anilines is 1. The molecule has 5 atom stereocenters. The van der Waals surface area contributed by atoms with Crippen LogP contribution in [0.15, 0.2) is 49.1 Å². The number of phosphoric ester groups is 1. The zero-order valence-corrected chi connectivity index (χ0v) is 20.5. The summed E-state index contributed by atoms with van der Waals surface area (Å²) in [5, 5.41) is 5.25. The molecule has 0 spiro atoms. The molecular formula is C22H25N6O8P.